The van der Waals surface area contributed by atoms with Crippen LogP contribution in [0.25, 0.3) is 0 Å². The number of rotatable bonds is 3. The third kappa shape index (κ3) is 3.41. The molecule has 6 heteroatoms. The lowest BCUT2D eigenvalue weighted by Crippen LogP contribution is -2.49. The minimum absolute atomic E-state index is 0.0427. The van der Waals surface area contributed by atoms with Crippen LogP contribution in [0.5, 0.6) is 0 Å². The number of hydrogen-bond acceptors (Lipinski definition) is 2. The molecule has 0 aromatic heterocycles. The number of nitrogens with zero attached hydrogens (tertiary/aromatic N) is 1. The number of likely N-dealkylation sites (tertiary alicyclic amines) is 1. The zero-order valence-electron chi connectivity index (χ0n) is 11.1. The number of benzene rings is 1. The second-order valence-electron chi connectivity index (χ2n) is 4.90. The fourth-order valence-corrected chi connectivity index (χ4v) is 2.61. The highest BCUT2D eigenvalue weighted by Crippen LogP contribution is 2.19. The van der Waals surface area contributed by atoms with Gasteiger partial charge in [-0.05, 0) is 25.3 Å². The Bertz CT molecular complexity index is 484. The van der Waals surface area contributed by atoms with E-state index in [-0.39, 0.29) is 30.2 Å². The largest absolute Gasteiger partial charge is 0.394 e. The first kappa shape index (κ1) is 15.1. The summed E-state index contributed by atoms with van der Waals surface area (Å²) in [6.45, 7) is 0.661. The van der Waals surface area contributed by atoms with Gasteiger partial charge >= 0.3 is 6.03 Å². The predicted molar refractivity (Wildman–Crippen MR) is 75.1 cm³/mol. The van der Waals surface area contributed by atoms with Crippen LogP contribution in [-0.2, 0) is 6.54 Å². The van der Waals surface area contributed by atoms with Crippen LogP contribution in [0.3, 0.4) is 0 Å². The number of piperidine rings is 1. The van der Waals surface area contributed by atoms with E-state index in [4.69, 9.17) is 11.6 Å². The number of carbonyl (C=O) groups is 1. The molecule has 2 N–H and O–H groups in total. The van der Waals surface area contributed by atoms with Crippen LogP contribution in [0.1, 0.15) is 24.8 Å². The summed E-state index contributed by atoms with van der Waals surface area (Å²) < 4.78 is 13.7. The molecule has 1 aromatic carbocycles. The molecule has 1 aromatic rings. The van der Waals surface area contributed by atoms with Gasteiger partial charge in [0.25, 0.3) is 0 Å². The Morgan fingerprint density at radius 2 is 2.30 bits per heavy atom. The van der Waals surface area contributed by atoms with Crippen molar-refractivity contribution >= 4 is 17.6 Å². The molecule has 0 bridgehead atoms. The van der Waals surface area contributed by atoms with Gasteiger partial charge in [0.05, 0.1) is 17.7 Å². The molecule has 1 aliphatic rings. The number of halogens is 2. The van der Waals surface area contributed by atoms with Gasteiger partial charge < -0.3 is 15.3 Å². The van der Waals surface area contributed by atoms with Crippen LogP contribution in [0.15, 0.2) is 18.2 Å². The van der Waals surface area contributed by atoms with E-state index in [0.717, 1.165) is 19.3 Å². The van der Waals surface area contributed by atoms with E-state index in [1.165, 1.54) is 6.07 Å². The lowest BCUT2D eigenvalue weighted by molar-refractivity contribution is 0.108. The van der Waals surface area contributed by atoms with E-state index in [1.54, 1.807) is 17.0 Å². The van der Waals surface area contributed by atoms with Gasteiger partial charge in [-0.25, -0.2) is 9.18 Å². The van der Waals surface area contributed by atoms with Gasteiger partial charge in [-0.1, -0.05) is 23.7 Å². The zero-order chi connectivity index (χ0) is 14.5. The summed E-state index contributed by atoms with van der Waals surface area (Å²) in [6.07, 6.45) is 2.74. The standard InChI is InChI=1S/C14H18ClFN2O2/c15-12-6-3-4-10(13(12)16)8-17-14(20)18-7-2-1-5-11(18)9-19/h3-4,6,11,19H,1-2,5,7-9H2,(H,17,20). The Balaban J connectivity index is 1.96. The van der Waals surface area contributed by atoms with E-state index in [9.17, 15) is 14.3 Å². The third-order valence-electron chi connectivity index (χ3n) is 3.56. The maximum Gasteiger partial charge on any atom is 0.317 e. The smallest absolute Gasteiger partial charge is 0.317 e. The zero-order valence-corrected chi connectivity index (χ0v) is 11.9. The average molecular weight is 301 g/mol. The highest BCUT2D eigenvalue weighted by Gasteiger charge is 2.25. The summed E-state index contributed by atoms with van der Waals surface area (Å²) in [4.78, 5) is 13.7. The van der Waals surface area contributed by atoms with Crippen molar-refractivity contribution in [2.75, 3.05) is 13.2 Å². The molecule has 0 radical (unpaired) electrons. The van der Waals surface area contributed by atoms with E-state index in [2.05, 4.69) is 5.32 Å². The predicted octanol–water partition coefficient (Wildman–Crippen LogP) is 2.54. The van der Waals surface area contributed by atoms with Crippen LogP contribution in [-0.4, -0.2) is 35.2 Å². The third-order valence-corrected chi connectivity index (χ3v) is 3.85. The molecule has 2 amide bonds. The number of nitrogens with one attached hydrogen (secondary N) is 1. The Hall–Kier alpha value is -1.33. The Kier molecular flexibility index (Phi) is 5.20. The lowest BCUT2D eigenvalue weighted by atomic mass is 10.0. The van der Waals surface area contributed by atoms with Crippen molar-refractivity contribution in [2.45, 2.75) is 31.8 Å². The Labute approximate surface area is 122 Å². The van der Waals surface area contributed by atoms with Crippen LogP contribution < -0.4 is 5.32 Å². The molecule has 1 heterocycles. The SMILES string of the molecule is O=C(NCc1cccc(Cl)c1F)N1CCCCC1CO. The summed E-state index contributed by atoms with van der Waals surface area (Å²) >= 11 is 5.69. The van der Waals surface area contributed by atoms with Crippen molar-refractivity contribution in [1.82, 2.24) is 10.2 Å². The molecule has 1 saturated heterocycles. The number of urea groups is 1. The minimum Gasteiger partial charge on any atom is -0.394 e. The van der Waals surface area contributed by atoms with Crippen molar-refractivity contribution in [3.05, 3.63) is 34.6 Å². The van der Waals surface area contributed by atoms with Gasteiger partial charge in [0.2, 0.25) is 0 Å². The highest BCUT2D eigenvalue weighted by atomic mass is 35.5. The maximum atomic E-state index is 13.7. The van der Waals surface area contributed by atoms with Crippen molar-refractivity contribution in [3.8, 4) is 0 Å². The van der Waals surface area contributed by atoms with Crippen LogP contribution in [0.4, 0.5) is 9.18 Å². The second kappa shape index (κ2) is 6.90. The summed E-state index contributed by atoms with van der Waals surface area (Å²) in [6, 6.07) is 4.27. The molecule has 110 valence electrons. The molecular weight excluding hydrogens is 283 g/mol. The summed E-state index contributed by atoms with van der Waals surface area (Å²) in [7, 11) is 0. The molecule has 4 nitrogen and oxygen atoms in total. The molecule has 0 aliphatic carbocycles. The molecule has 2 rings (SSSR count). The Morgan fingerprint density at radius 3 is 3.05 bits per heavy atom. The molecule has 1 fully saturated rings. The van der Waals surface area contributed by atoms with Crippen LogP contribution in [0, 0.1) is 5.82 Å². The topological polar surface area (TPSA) is 52.6 Å². The maximum absolute atomic E-state index is 13.7. The van der Waals surface area contributed by atoms with Crippen molar-refractivity contribution in [1.29, 1.82) is 0 Å². The van der Waals surface area contributed by atoms with E-state index < -0.39 is 5.82 Å². The number of carbonyl (C=O) groups excluding carboxylic acids is 1. The summed E-state index contributed by atoms with van der Waals surface area (Å²) in [5, 5.41) is 12.0. The van der Waals surface area contributed by atoms with Gasteiger partial charge in [-0.3, -0.25) is 0 Å². The van der Waals surface area contributed by atoms with Gasteiger partial charge in [0, 0.05) is 18.7 Å². The van der Waals surface area contributed by atoms with E-state index in [1.807, 2.05) is 0 Å². The van der Waals surface area contributed by atoms with E-state index >= 15 is 0 Å². The fourth-order valence-electron chi connectivity index (χ4n) is 2.42. The first-order valence-corrected chi connectivity index (χ1v) is 7.09. The average Bonchev–Trinajstić information content (AvgIpc) is 2.48. The molecule has 0 spiro atoms. The summed E-state index contributed by atoms with van der Waals surface area (Å²) in [5.41, 5.74) is 0.350. The number of aliphatic hydroxyl groups excluding tert-OH is 1. The lowest BCUT2D eigenvalue weighted by Gasteiger charge is -2.34. The van der Waals surface area contributed by atoms with Gasteiger partial charge in [-0.2, -0.15) is 0 Å². The first-order valence-electron chi connectivity index (χ1n) is 6.71. The Morgan fingerprint density at radius 1 is 1.50 bits per heavy atom. The molecule has 1 atom stereocenters. The number of hydrogen-bond donors (Lipinski definition) is 2. The monoisotopic (exact) mass is 300 g/mol. The quantitative estimate of drug-likeness (QED) is 0.901. The summed E-state index contributed by atoms with van der Waals surface area (Å²) in [5.74, 6) is -0.508. The van der Waals surface area contributed by atoms with Crippen molar-refractivity contribution in [3.63, 3.8) is 0 Å². The van der Waals surface area contributed by atoms with Crippen LogP contribution >= 0.6 is 11.6 Å². The fraction of sp³-hybridized carbons (Fsp3) is 0.500. The van der Waals surface area contributed by atoms with Crippen molar-refractivity contribution in [2.24, 2.45) is 0 Å². The van der Waals surface area contributed by atoms with Crippen molar-refractivity contribution < 1.29 is 14.3 Å². The molecule has 0 saturated carbocycles. The molecular formula is C14H18ClFN2O2. The van der Waals surface area contributed by atoms with E-state index in [0.29, 0.717) is 12.1 Å². The first-order chi connectivity index (χ1) is 9.63. The second-order valence-corrected chi connectivity index (χ2v) is 5.30. The van der Waals surface area contributed by atoms with Gasteiger partial charge in [-0.15, -0.1) is 0 Å². The van der Waals surface area contributed by atoms with Crippen LogP contribution in [0.2, 0.25) is 5.02 Å². The normalized spacial score (nSPS) is 18.9. The number of aliphatic hydroxyl groups is 1. The minimum atomic E-state index is -0.508. The molecule has 1 aliphatic heterocycles. The van der Waals surface area contributed by atoms with Gasteiger partial charge in [0.1, 0.15) is 5.82 Å². The number of amides is 2. The van der Waals surface area contributed by atoms with Gasteiger partial charge in [0.15, 0.2) is 0 Å². The molecule has 20 heavy (non-hydrogen) atoms. The molecule has 1 unspecified atom stereocenters. The highest BCUT2D eigenvalue weighted by molar-refractivity contribution is 6.30.